The lowest BCUT2D eigenvalue weighted by Gasteiger charge is -2.08. The van der Waals surface area contributed by atoms with Gasteiger partial charge in [-0.3, -0.25) is 9.97 Å². The molecule has 2 aromatic heterocycles. The number of hydrogen-bond acceptors (Lipinski definition) is 5. The molecule has 0 atom stereocenters. The first-order valence-corrected chi connectivity index (χ1v) is 11.3. The summed E-state index contributed by atoms with van der Waals surface area (Å²) >= 11 is 0. The average molecular weight is 470 g/mol. The molecule has 0 spiro atoms. The zero-order valence-corrected chi connectivity index (χ0v) is 19.0. The number of aromatic carboxylic acids is 1. The lowest BCUT2D eigenvalue weighted by atomic mass is 10.0. The zero-order chi connectivity index (χ0) is 24.5. The minimum atomic E-state index is -0.977. The molecule has 7 nitrogen and oxygen atoms in total. The van der Waals surface area contributed by atoms with Crippen molar-refractivity contribution in [3.05, 3.63) is 115 Å². The van der Waals surface area contributed by atoms with E-state index in [0.717, 1.165) is 33.3 Å². The standard InChI is InChI=1S/C29H19N5O2/c35-29(36)22-10-13-24(14-11-22)34-28(21-8-6-20(7-9-21)19-4-2-1-3-5-19)32-27(33-34)23-12-15-25-26(18-23)31-17-16-30-25/h1-18H,(H,35,36). The highest BCUT2D eigenvalue weighted by atomic mass is 16.4. The van der Waals surface area contributed by atoms with E-state index in [1.54, 1.807) is 41.3 Å². The SMILES string of the molecule is O=C(O)c1ccc(-n2nc(-c3ccc4nccnc4c3)nc2-c2ccc(-c3ccccc3)cc2)cc1. The summed E-state index contributed by atoms with van der Waals surface area (Å²) in [6.07, 6.45) is 3.31. The summed E-state index contributed by atoms with van der Waals surface area (Å²) in [6.45, 7) is 0. The van der Waals surface area contributed by atoms with Gasteiger partial charge in [0, 0.05) is 23.5 Å². The van der Waals surface area contributed by atoms with Gasteiger partial charge in [0.2, 0.25) is 0 Å². The van der Waals surface area contributed by atoms with E-state index in [9.17, 15) is 9.90 Å². The number of carbonyl (C=O) groups is 1. The Morgan fingerprint density at radius 3 is 2.03 bits per heavy atom. The van der Waals surface area contributed by atoms with Crippen molar-refractivity contribution < 1.29 is 9.90 Å². The fourth-order valence-corrected chi connectivity index (χ4v) is 4.09. The van der Waals surface area contributed by atoms with Crippen LogP contribution in [0.25, 0.3) is 50.6 Å². The van der Waals surface area contributed by atoms with Gasteiger partial charge in [-0.15, -0.1) is 5.10 Å². The van der Waals surface area contributed by atoms with Crippen LogP contribution in [-0.2, 0) is 0 Å². The fraction of sp³-hybridized carbons (Fsp3) is 0. The van der Waals surface area contributed by atoms with Gasteiger partial charge in [0.15, 0.2) is 11.6 Å². The first-order chi connectivity index (χ1) is 17.7. The van der Waals surface area contributed by atoms with Crippen molar-refractivity contribution in [3.8, 4) is 39.6 Å². The molecule has 0 saturated carbocycles. The van der Waals surface area contributed by atoms with E-state index in [4.69, 9.17) is 10.1 Å². The molecule has 172 valence electrons. The maximum absolute atomic E-state index is 11.3. The Morgan fingerprint density at radius 2 is 1.31 bits per heavy atom. The molecule has 0 saturated heterocycles. The van der Waals surface area contributed by atoms with Crippen LogP contribution in [0.5, 0.6) is 0 Å². The van der Waals surface area contributed by atoms with Crippen molar-refractivity contribution in [1.82, 2.24) is 24.7 Å². The first-order valence-electron chi connectivity index (χ1n) is 11.3. The third-order valence-electron chi connectivity index (χ3n) is 5.94. The highest BCUT2D eigenvalue weighted by Gasteiger charge is 2.16. The van der Waals surface area contributed by atoms with E-state index in [1.807, 2.05) is 48.5 Å². The van der Waals surface area contributed by atoms with Crippen molar-refractivity contribution in [1.29, 1.82) is 0 Å². The van der Waals surface area contributed by atoms with Crippen LogP contribution in [0.4, 0.5) is 0 Å². The van der Waals surface area contributed by atoms with E-state index >= 15 is 0 Å². The molecule has 0 aliphatic carbocycles. The Hall–Kier alpha value is -5.17. The molecule has 1 N–H and O–H groups in total. The Kier molecular flexibility index (Phi) is 5.27. The van der Waals surface area contributed by atoms with Gasteiger partial charge in [0.25, 0.3) is 0 Å². The third kappa shape index (κ3) is 3.99. The van der Waals surface area contributed by atoms with Gasteiger partial charge < -0.3 is 5.11 Å². The Bertz CT molecular complexity index is 1690. The van der Waals surface area contributed by atoms with Gasteiger partial charge in [0.05, 0.1) is 22.3 Å². The minimum absolute atomic E-state index is 0.209. The van der Waals surface area contributed by atoms with Crippen molar-refractivity contribution in [2.24, 2.45) is 0 Å². The molecule has 0 fully saturated rings. The highest BCUT2D eigenvalue weighted by Crippen LogP contribution is 2.29. The summed E-state index contributed by atoms with van der Waals surface area (Å²) in [5.74, 6) is 0.203. The lowest BCUT2D eigenvalue weighted by molar-refractivity contribution is 0.0697. The summed E-state index contributed by atoms with van der Waals surface area (Å²) in [4.78, 5) is 24.9. The molecule has 0 aliphatic rings. The monoisotopic (exact) mass is 469 g/mol. The predicted octanol–water partition coefficient (Wildman–Crippen LogP) is 5.91. The van der Waals surface area contributed by atoms with Crippen LogP contribution in [0.15, 0.2) is 109 Å². The molecule has 0 unspecified atom stereocenters. The minimum Gasteiger partial charge on any atom is -0.478 e. The molecular weight excluding hydrogens is 450 g/mol. The average Bonchev–Trinajstić information content (AvgIpc) is 3.39. The van der Waals surface area contributed by atoms with E-state index < -0.39 is 5.97 Å². The molecule has 0 aliphatic heterocycles. The summed E-state index contributed by atoms with van der Waals surface area (Å²) in [5, 5.41) is 14.1. The first kappa shape index (κ1) is 21.4. The molecule has 0 radical (unpaired) electrons. The highest BCUT2D eigenvalue weighted by molar-refractivity contribution is 5.87. The maximum Gasteiger partial charge on any atom is 0.335 e. The van der Waals surface area contributed by atoms with Crippen LogP contribution in [-0.4, -0.2) is 35.8 Å². The smallest absolute Gasteiger partial charge is 0.335 e. The second-order valence-electron chi connectivity index (χ2n) is 8.23. The number of carboxylic acid groups (broad SMARTS) is 1. The Morgan fingerprint density at radius 1 is 0.667 bits per heavy atom. The van der Waals surface area contributed by atoms with Crippen LogP contribution < -0.4 is 0 Å². The zero-order valence-electron chi connectivity index (χ0n) is 19.0. The maximum atomic E-state index is 11.3. The summed E-state index contributed by atoms with van der Waals surface area (Å²) in [7, 11) is 0. The second kappa shape index (κ2) is 8.88. The van der Waals surface area contributed by atoms with Gasteiger partial charge in [-0.1, -0.05) is 54.6 Å². The van der Waals surface area contributed by atoms with E-state index in [2.05, 4.69) is 34.2 Å². The number of rotatable bonds is 5. The number of aromatic nitrogens is 5. The summed E-state index contributed by atoms with van der Waals surface area (Å²) in [6, 6.07) is 30.6. The molecule has 6 aromatic rings. The van der Waals surface area contributed by atoms with Crippen LogP contribution in [0, 0.1) is 0 Å². The predicted molar refractivity (Wildman–Crippen MR) is 138 cm³/mol. The van der Waals surface area contributed by atoms with Crippen molar-refractivity contribution in [3.63, 3.8) is 0 Å². The van der Waals surface area contributed by atoms with E-state index in [0.29, 0.717) is 17.3 Å². The fourth-order valence-electron chi connectivity index (χ4n) is 4.09. The molecule has 4 aromatic carbocycles. The summed E-state index contributed by atoms with van der Waals surface area (Å²) in [5.41, 5.74) is 6.40. The lowest BCUT2D eigenvalue weighted by Crippen LogP contribution is -2.01. The largest absolute Gasteiger partial charge is 0.478 e. The van der Waals surface area contributed by atoms with Crippen LogP contribution in [0.1, 0.15) is 10.4 Å². The molecular formula is C29H19N5O2. The number of benzene rings is 4. The Balaban J connectivity index is 1.47. The van der Waals surface area contributed by atoms with Gasteiger partial charge in [-0.05, 0) is 53.6 Å². The third-order valence-corrected chi connectivity index (χ3v) is 5.94. The molecule has 7 heteroatoms. The Labute approximate surface area is 206 Å². The van der Waals surface area contributed by atoms with E-state index in [1.165, 1.54) is 0 Å². The van der Waals surface area contributed by atoms with Crippen molar-refractivity contribution >= 4 is 17.0 Å². The van der Waals surface area contributed by atoms with Crippen LogP contribution >= 0.6 is 0 Å². The van der Waals surface area contributed by atoms with Crippen molar-refractivity contribution in [2.45, 2.75) is 0 Å². The molecule has 6 rings (SSSR count). The normalized spacial score (nSPS) is 11.0. The van der Waals surface area contributed by atoms with E-state index in [-0.39, 0.29) is 5.56 Å². The van der Waals surface area contributed by atoms with Crippen LogP contribution in [0.2, 0.25) is 0 Å². The van der Waals surface area contributed by atoms with Crippen molar-refractivity contribution in [2.75, 3.05) is 0 Å². The van der Waals surface area contributed by atoms with Gasteiger partial charge in [-0.25, -0.2) is 14.5 Å². The second-order valence-corrected chi connectivity index (χ2v) is 8.23. The number of nitrogens with zero attached hydrogens (tertiary/aromatic N) is 5. The molecule has 0 amide bonds. The van der Waals surface area contributed by atoms with Gasteiger partial charge >= 0.3 is 5.97 Å². The molecule has 2 heterocycles. The molecule has 36 heavy (non-hydrogen) atoms. The van der Waals surface area contributed by atoms with Gasteiger partial charge in [-0.2, -0.15) is 0 Å². The molecule has 0 bridgehead atoms. The quantitative estimate of drug-likeness (QED) is 0.337. The van der Waals surface area contributed by atoms with Crippen LogP contribution in [0.3, 0.4) is 0 Å². The summed E-state index contributed by atoms with van der Waals surface area (Å²) < 4.78 is 1.74. The van der Waals surface area contributed by atoms with Gasteiger partial charge in [0.1, 0.15) is 0 Å². The number of fused-ring (bicyclic) bond motifs is 1. The number of carboxylic acids is 1. The topological polar surface area (TPSA) is 93.8 Å². The number of hydrogen-bond donors (Lipinski definition) is 1.